The van der Waals surface area contributed by atoms with Gasteiger partial charge in [-0.1, -0.05) is 12.1 Å². The molecule has 0 aliphatic heterocycles. The molecule has 2 amide bonds. The van der Waals surface area contributed by atoms with E-state index in [9.17, 15) is 14.7 Å². The fourth-order valence-corrected chi connectivity index (χ4v) is 2.40. The number of aromatic hydroxyl groups is 1. The van der Waals surface area contributed by atoms with Gasteiger partial charge in [0.05, 0.1) is 11.6 Å². The third-order valence-corrected chi connectivity index (χ3v) is 3.83. The van der Waals surface area contributed by atoms with Gasteiger partial charge in [0.15, 0.2) is 6.10 Å². The van der Waals surface area contributed by atoms with Crippen LogP contribution in [0.2, 0.25) is 0 Å². The van der Waals surface area contributed by atoms with Crippen LogP contribution in [-0.4, -0.2) is 35.5 Å². The average Bonchev–Trinajstić information content (AvgIpc) is 2.74. The van der Waals surface area contributed by atoms with Gasteiger partial charge in [-0.15, -0.1) is 0 Å². The van der Waals surface area contributed by atoms with Crippen LogP contribution >= 0.6 is 0 Å². The highest BCUT2D eigenvalue weighted by Crippen LogP contribution is 2.27. The zero-order valence-corrected chi connectivity index (χ0v) is 15.4. The number of carbonyl (C=O) groups is 2. The Morgan fingerprint density at radius 3 is 2.34 bits per heavy atom. The van der Waals surface area contributed by atoms with Gasteiger partial charge in [-0.3, -0.25) is 15.3 Å². The highest BCUT2D eigenvalue weighted by molar-refractivity contribution is 5.86. The molecular weight excluding hydrogens is 378 g/mol. The Morgan fingerprint density at radius 1 is 1.14 bits per heavy atom. The molecule has 4 N–H and O–H groups in total. The van der Waals surface area contributed by atoms with Crippen molar-refractivity contribution in [1.82, 2.24) is 5.48 Å². The molecule has 0 aromatic heterocycles. The van der Waals surface area contributed by atoms with Crippen LogP contribution in [0.15, 0.2) is 60.7 Å². The average molecular weight is 397 g/mol. The summed E-state index contributed by atoms with van der Waals surface area (Å²) in [4.78, 5) is 23.7. The smallest absolute Gasteiger partial charge is 0.412 e. The molecule has 150 valence electrons. The second kappa shape index (κ2) is 10.5. The number of nitrogens with zero attached hydrogens (tertiary/aromatic N) is 1. The minimum absolute atomic E-state index is 0.0266. The number of anilines is 1. The van der Waals surface area contributed by atoms with Gasteiger partial charge in [0.1, 0.15) is 11.9 Å². The standard InChI is InChI=1S/C20H19N3O6/c1-28-17(10-11-18(25)23-27)19(14-4-8-16(24)9-5-14)29-20(26)22-15-6-2-13(12-21)3-7-15/h2-11,17,19,24,27H,1H3,(H,22,26)(H,23,25)/b11-10+/t17-,19-/m0/s1. The SMILES string of the molecule is CO[C@@H](/C=C/C(=O)NO)[C@@H](OC(=O)Nc1ccc(C#N)cc1)c1ccc(O)cc1. The largest absolute Gasteiger partial charge is 0.508 e. The summed E-state index contributed by atoms with van der Waals surface area (Å²) < 4.78 is 10.8. The highest BCUT2D eigenvalue weighted by Gasteiger charge is 2.26. The number of carbonyl (C=O) groups excluding carboxylic acids is 2. The molecule has 0 saturated carbocycles. The maximum absolute atomic E-state index is 12.4. The number of nitriles is 1. The predicted octanol–water partition coefficient (Wildman–Crippen LogP) is 2.63. The highest BCUT2D eigenvalue weighted by atomic mass is 16.6. The van der Waals surface area contributed by atoms with Crippen LogP contribution in [0.25, 0.3) is 0 Å². The monoisotopic (exact) mass is 397 g/mol. The summed E-state index contributed by atoms with van der Waals surface area (Å²) in [6, 6.07) is 14.1. The van der Waals surface area contributed by atoms with Gasteiger partial charge in [-0.2, -0.15) is 5.26 Å². The van der Waals surface area contributed by atoms with Crippen LogP contribution in [-0.2, 0) is 14.3 Å². The van der Waals surface area contributed by atoms with Crippen LogP contribution in [0, 0.1) is 11.3 Å². The van der Waals surface area contributed by atoms with Crippen molar-refractivity contribution in [2.75, 3.05) is 12.4 Å². The molecule has 2 aromatic carbocycles. The zero-order valence-electron chi connectivity index (χ0n) is 15.4. The number of ether oxygens (including phenoxy) is 2. The zero-order chi connectivity index (χ0) is 21.2. The van der Waals surface area contributed by atoms with E-state index in [4.69, 9.17) is 19.9 Å². The molecule has 0 fully saturated rings. The molecule has 2 aromatic rings. The molecule has 2 atom stereocenters. The molecule has 0 saturated heterocycles. The molecule has 0 spiro atoms. The molecule has 9 heteroatoms. The summed E-state index contributed by atoms with van der Waals surface area (Å²) in [5, 5.41) is 29.5. The molecular formula is C20H19N3O6. The van der Waals surface area contributed by atoms with Gasteiger partial charge >= 0.3 is 6.09 Å². The Morgan fingerprint density at radius 2 is 1.79 bits per heavy atom. The predicted molar refractivity (Wildman–Crippen MR) is 102 cm³/mol. The van der Waals surface area contributed by atoms with E-state index >= 15 is 0 Å². The molecule has 0 bridgehead atoms. The van der Waals surface area contributed by atoms with Gasteiger partial charge < -0.3 is 14.6 Å². The van der Waals surface area contributed by atoms with Crippen molar-refractivity contribution in [3.05, 3.63) is 71.8 Å². The number of nitrogens with one attached hydrogen (secondary N) is 2. The summed E-state index contributed by atoms with van der Waals surface area (Å²) >= 11 is 0. The lowest BCUT2D eigenvalue weighted by molar-refractivity contribution is -0.124. The van der Waals surface area contributed by atoms with E-state index in [1.165, 1.54) is 30.8 Å². The van der Waals surface area contributed by atoms with Crippen LogP contribution in [0.3, 0.4) is 0 Å². The molecule has 29 heavy (non-hydrogen) atoms. The lowest BCUT2D eigenvalue weighted by atomic mass is 10.0. The third kappa shape index (κ3) is 6.35. The lowest BCUT2D eigenvalue weighted by Crippen LogP contribution is -2.27. The van der Waals surface area contributed by atoms with Crippen molar-refractivity contribution in [2.24, 2.45) is 0 Å². The Bertz CT molecular complexity index is 903. The molecule has 2 rings (SSSR count). The minimum Gasteiger partial charge on any atom is -0.508 e. The molecule has 9 nitrogen and oxygen atoms in total. The van der Waals surface area contributed by atoms with E-state index in [-0.39, 0.29) is 5.75 Å². The maximum atomic E-state index is 12.4. The van der Waals surface area contributed by atoms with E-state index in [1.54, 1.807) is 36.4 Å². The Balaban J connectivity index is 2.22. The van der Waals surface area contributed by atoms with Crippen LogP contribution in [0.4, 0.5) is 10.5 Å². The quantitative estimate of drug-likeness (QED) is 0.320. The first-order valence-corrected chi connectivity index (χ1v) is 8.38. The number of hydrogen-bond acceptors (Lipinski definition) is 7. The Hall–Kier alpha value is -3.87. The van der Waals surface area contributed by atoms with Crippen molar-refractivity contribution < 1.29 is 29.4 Å². The topological polar surface area (TPSA) is 141 Å². The van der Waals surface area contributed by atoms with Crippen molar-refractivity contribution >= 4 is 17.7 Å². The molecule has 0 heterocycles. The van der Waals surface area contributed by atoms with Crippen molar-refractivity contribution in [2.45, 2.75) is 12.2 Å². The first kappa shape index (κ1) is 21.4. The second-order valence-electron chi connectivity index (χ2n) is 5.77. The number of benzene rings is 2. The second-order valence-corrected chi connectivity index (χ2v) is 5.77. The number of phenols is 1. The van der Waals surface area contributed by atoms with Gasteiger partial charge in [-0.05, 0) is 48.0 Å². The van der Waals surface area contributed by atoms with E-state index in [0.29, 0.717) is 16.8 Å². The number of rotatable bonds is 7. The van der Waals surface area contributed by atoms with Crippen molar-refractivity contribution in [3.8, 4) is 11.8 Å². The summed E-state index contributed by atoms with van der Waals surface area (Å²) in [7, 11) is 1.36. The van der Waals surface area contributed by atoms with E-state index < -0.39 is 24.2 Å². The fraction of sp³-hybridized carbons (Fsp3) is 0.150. The third-order valence-electron chi connectivity index (χ3n) is 3.83. The van der Waals surface area contributed by atoms with Crippen LogP contribution < -0.4 is 10.8 Å². The molecule has 0 radical (unpaired) electrons. The summed E-state index contributed by atoms with van der Waals surface area (Å²) in [6.07, 6.45) is -0.290. The summed E-state index contributed by atoms with van der Waals surface area (Å²) in [6.45, 7) is 0. The molecule has 0 aliphatic carbocycles. The number of hydroxylamine groups is 1. The Kier molecular flexibility index (Phi) is 7.73. The van der Waals surface area contributed by atoms with Crippen LogP contribution in [0.1, 0.15) is 17.2 Å². The number of amides is 2. The Labute approximate surface area is 166 Å². The first-order chi connectivity index (χ1) is 14.0. The van der Waals surface area contributed by atoms with Gasteiger partial charge in [-0.25, -0.2) is 10.3 Å². The number of phenolic OH excluding ortho intramolecular Hbond substituents is 1. The van der Waals surface area contributed by atoms with Crippen molar-refractivity contribution in [3.63, 3.8) is 0 Å². The van der Waals surface area contributed by atoms with Crippen molar-refractivity contribution in [1.29, 1.82) is 5.26 Å². The number of hydrogen-bond donors (Lipinski definition) is 4. The molecule has 0 aliphatic rings. The number of methoxy groups -OCH3 is 1. The summed E-state index contributed by atoms with van der Waals surface area (Å²) in [5.74, 6) is -0.753. The van der Waals surface area contributed by atoms with Gasteiger partial charge in [0, 0.05) is 18.9 Å². The van der Waals surface area contributed by atoms with E-state index in [1.807, 2.05) is 6.07 Å². The fourth-order valence-electron chi connectivity index (χ4n) is 2.40. The minimum atomic E-state index is -0.971. The normalized spacial score (nSPS) is 12.6. The van der Waals surface area contributed by atoms with Crippen LogP contribution in [0.5, 0.6) is 5.75 Å². The molecule has 0 unspecified atom stereocenters. The van der Waals surface area contributed by atoms with Gasteiger partial charge in [0.2, 0.25) is 0 Å². The first-order valence-electron chi connectivity index (χ1n) is 8.38. The van der Waals surface area contributed by atoms with E-state index in [0.717, 1.165) is 6.08 Å². The maximum Gasteiger partial charge on any atom is 0.412 e. The lowest BCUT2D eigenvalue weighted by Gasteiger charge is -2.24. The van der Waals surface area contributed by atoms with Gasteiger partial charge in [0.25, 0.3) is 5.91 Å². The summed E-state index contributed by atoms with van der Waals surface area (Å²) in [5.41, 5.74) is 2.82. The van der Waals surface area contributed by atoms with E-state index in [2.05, 4.69) is 5.32 Å².